The second kappa shape index (κ2) is 7.13. The van der Waals surface area contributed by atoms with E-state index in [2.05, 4.69) is 9.97 Å². The molecule has 5 aromatic rings. The van der Waals surface area contributed by atoms with Crippen molar-refractivity contribution in [3.63, 3.8) is 0 Å². The van der Waals surface area contributed by atoms with Crippen LogP contribution >= 0.6 is 0 Å². The number of ether oxygens (including phenoxy) is 2. The van der Waals surface area contributed by atoms with Gasteiger partial charge in [-0.1, -0.05) is 60.7 Å². The molecule has 0 amide bonds. The third-order valence-corrected chi connectivity index (χ3v) is 4.68. The van der Waals surface area contributed by atoms with Crippen molar-refractivity contribution in [2.24, 2.45) is 0 Å². The summed E-state index contributed by atoms with van der Waals surface area (Å²) in [6.45, 7) is 0. The largest absolute Gasteiger partial charge is 0.437 e. The summed E-state index contributed by atoms with van der Waals surface area (Å²) >= 11 is 0. The van der Waals surface area contributed by atoms with Gasteiger partial charge in [0.25, 0.3) is 0 Å². The Morgan fingerprint density at radius 3 is 1.48 bits per heavy atom. The molecule has 0 aliphatic rings. The molecule has 1 aromatic heterocycles. The van der Waals surface area contributed by atoms with E-state index in [1.54, 1.807) is 0 Å². The zero-order chi connectivity index (χ0) is 19.6. The van der Waals surface area contributed by atoms with Crippen LogP contribution in [0.1, 0.15) is 0 Å². The van der Waals surface area contributed by atoms with Crippen molar-refractivity contribution >= 4 is 27.2 Å². The van der Waals surface area contributed by atoms with E-state index in [9.17, 15) is 0 Å². The minimum Gasteiger partial charge on any atom is -0.437 e. The molecule has 2 N–H and O–H groups in total. The number of hydrogen-bond acceptors (Lipinski definition) is 5. The topological polar surface area (TPSA) is 70.3 Å². The van der Waals surface area contributed by atoms with E-state index >= 15 is 0 Å². The number of rotatable bonds is 4. The van der Waals surface area contributed by atoms with Crippen molar-refractivity contribution in [1.29, 1.82) is 0 Å². The monoisotopic (exact) mass is 379 g/mol. The molecular formula is C24H17N3O2. The Kier molecular flexibility index (Phi) is 4.18. The lowest BCUT2D eigenvalue weighted by Crippen LogP contribution is -2.00. The van der Waals surface area contributed by atoms with Gasteiger partial charge in [-0.15, -0.1) is 0 Å². The van der Waals surface area contributed by atoms with E-state index in [0.717, 1.165) is 21.5 Å². The van der Waals surface area contributed by atoms with Gasteiger partial charge < -0.3 is 15.2 Å². The van der Waals surface area contributed by atoms with Crippen LogP contribution in [0, 0.1) is 0 Å². The molecule has 0 saturated carbocycles. The average molecular weight is 379 g/mol. The number of nitrogens with zero attached hydrogens (tertiary/aromatic N) is 2. The molecule has 0 bridgehead atoms. The van der Waals surface area contributed by atoms with Crippen LogP contribution in [0.4, 0.5) is 5.69 Å². The smallest absolute Gasteiger partial charge is 0.249 e. The Hall–Kier alpha value is -4.12. The summed E-state index contributed by atoms with van der Waals surface area (Å²) in [6, 6.07) is 27.8. The molecule has 5 rings (SSSR count). The van der Waals surface area contributed by atoms with Gasteiger partial charge in [-0.05, 0) is 45.8 Å². The molecule has 140 valence electrons. The van der Waals surface area contributed by atoms with Crippen LogP contribution in [0.5, 0.6) is 23.3 Å². The van der Waals surface area contributed by atoms with Crippen molar-refractivity contribution < 1.29 is 9.47 Å². The Bertz CT molecular complexity index is 1230. The minimum atomic E-state index is 0.244. The molecule has 0 unspecified atom stereocenters. The Balaban J connectivity index is 1.43. The zero-order valence-corrected chi connectivity index (χ0v) is 15.4. The SMILES string of the molecule is Nc1c(Oc2ccc3ccccc3c2)ncnc1Oc1ccc2ccccc2c1. The highest BCUT2D eigenvalue weighted by molar-refractivity contribution is 5.84. The van der Waals surface area contributed by atoms with Gasteiger partial charge >= 0.3 is 0 Å². The number of hydrogen-bond donors (Lipinski definition) is 1. The zero-order valence-electron chi connectivity index (χ0n) is 15.4. The summed E-state index contributed by atoms with van der Waals surface area (Å²) < 4.78 is 11.8. The highest BCUT2D eigenvalue weighted by atomic mass is 16.5. The van der Waals surface area contributed by atoms with Crippen LogP contribution in [-0.2, 0) is 0 Å². The van der Waals surface area contributed by atoms with E-state index in [-0.39, 0.29) is 17.4 Å². The molecule has 1 heterocycles. The van der Waals surface area contributed by atoms with Crippen LogP contribution < -0.4 is 15.2 Å². The number of nitrogens with two attached hydrogens (primary N) is 1. The summed E-state index contributed by atoms with van der Waals surface area (Å²) in [5, 5.41) is 4.42. The third kappa shape index (κ3) is 3.41. The van der Waals surface area contributed by atoms with E-state index in [1.165, 1.54) is 6.33 Å². The second-order valence-corrected chi connectivity index (χ2v) is 6.62. The van der Waals surface area contributed by atoms with E-state index in [4.69, 9.17) is 15.2 Å². The fourth-order valence-corrected chi connectivity index (χ4v) is 3.21. The summed E-state index contributed by atoms with van der Waals surface area (Å²) in [6.07, 6.45) is 1.38. The first-order valence-corrected chi connectivity index (χ1v) is 9.20. The predicted octanol–water partition coefficient (Wildman–Crippen LogP) is 5.95. The van der Waals surface area contributed by atoms with Gasteiger partial charge in [0.1, 0.15) is 17.8 Å². The van der Waals surface area contributed by atoms with Gasteiger partial charge in [0.2, 0.25) is 11.8 Å². The lowest BCUT2D eigenvalue weighted by molar-refractivity contribution is 0.439. The minimum absolute atomic E-state index is 0.244. The van der Waals surface area contributed by atoms with Gasteiger partial charge in [0.15, 0.2) is 5.69 Å². The molecule has 0 aliphatic carbocycles. The molecule has 5 nitrogen and oxygen atoms in total. The lowest BCUT2D eigenvalue weighted by Gasteiger charge is -2.12. The van der Waals surface area contributed by atoms with Crippen LogP contribution in [0.15, 0.2) is 91.3 Å². The maximum Gasteiger partial charge on any atom is 0.249 e. The lowest BCUT2D eigenvalue weighted by atomic mass is 10.1. The normalized spacial score (nSPS) is 10.9. The van der Waals surface area contributed by atoms with E-state index in [0.29, 0.717) is 11.5 Å². The van der Waals surface area contributed by atoms with Crippen LogP contribution in [0.2, 0.25) is 0 Å². The number of benzene rings is 4. The van der Waals surface area contributed by atoms with Crippen molar-refractivity contribution in [3.8, 4) is 23.3 Å². The summed E-state index contributed by atoms with van der Waals surface area (Å²) in [7, 11) is 0. The van der Waals surface area contributed by atoms with Crippen LogP contribution in [-0.4, -0.2) is 9.97 Å². The predicted molar refractivity (Wildman–Crippen MR) is 114 cm³/mol. The molecule has 0 saturated heterocycles. The summed E-state index contributed by atoms with van der Waals surface area (Å²) in [5.41, 5.74) is 6.47. The van der Waals surface area contributed by atoms with Gasteiger partial charge in [-0.3, -0.25) is 0 Å². The summed E-state index contributed by atoms with van der Waals surface area (Å²) in [4.78, 5) is 8.34. The molecule has 4 aromatic carbocycles. The maximum absolute atomic E-state index is 6.23. The molecule has 0 radical (unpaired) electrons. The molecule has 29 heavy (non-hydrogen) atoms. The Morgan fingerprint density at radius 1 is 0.552 bits per heavy atom. The molecular weight excluding hydrogens is 362 g/mol. The number of aromatic nitrogens is 2. The maximum atomic E-state index is 6.23. The first kappa shape index (κ1) is 17.0. The Labute approximate surface area is 167 Å². The first-order chi connectivity index (χ1) is 14.3. The van der Waals surface area contributed by atoms with Crippen LogP contribution in [0.25, 0.3) is 21.5 Å². The number of nitrogen functional groups attached to an aromatic ring is 1. The van der Waals surface area contributed by atoms with Crippen molar-refractivity contribution in [1.82, 2.24) is 9.97 Å². The molecule has 0 fully saturated rings. The molecule has 5 heteroatoms. The van der Waals surface area contributed by atoms with E-state index in [1.807, 2.05) is 84.9 Å². The van der Waals surface area contributed by atoms with Crippen molar-refractivity contribution in [3.05, 3.63) is 91.3 Å². The fraction of sp³-hybridized carbons (Fsp3) is 0. The molecule has 0 spiro atoms. The van der Waals surface area contributed by atoms with Crippen molar-refractivity contribution in [2.45, 2.75) is 0 Å². The van der Waals surface area contributed by atoms with Gasteiger partial charge in [-0.2, -0.15) is 9.97 Å². The number of anilines is 1. The van der Waals surface area contributed by atoms with Crippen LogP contribution in [0.3, 0.4) is 0 Å². The number of fused-ring (bicyclic) bond motifs is 2. The molecule has 0 atom stereocenters. The molecule has 0 aliphatic heterocycles. The highest BCUT2D eigenvalue weighted by Crippen LogP contribution is 2.34. The average Bonchev–Trinajstić information content (AvgIpc) is 2.76. The summed E-state index contributed by atoms with van der Waals surface area (Å²) in [5.74, 6) is 1.80. The van der Waals surface area contributed by atoms with Gasteiger partial charge in [-0.25, -0.2) is 0 Å². The Morgan fingerprint density at radius 2 is 1.00 bits per heavy atom. The first-order valence-electron chi connectivity index (χ1n) is 9.20. The van der Waals surface area contributed by atoms with E-state index < -0.39 is 0 Å². The fourth-order valence-electron chi connectivity index (χ4n) is 3.21. The van der Waals surface area contributed by atoms with Gasteiger partial charge in [0, 0.05) is 0 Å². The second-order valence-electron chi connectivity index (χ2n) is 6.62. The quantitative estimate of drug-likeness (QED) is 0.418. The standard InChI is InChI=1S/C24H17N3O2/c25-22-23(28-20-11-9-16-5-1-3-7-18(16)13-20)26-15-27-24(22)29-21-12-10-17-6-2-4-8-19(17)14-21/h1-15H,25H2. The highest BCUT2D eigenvalue weighted by Gasteiger charge is 2.13. The third-order valence-electron chi connectivity index (χ3n) is 4.68. The van der Waals surface area contributed by atoms with Crippen molar-refractivity contribution in [2.75, 3.05) is 5.73 Å². The van der Waals surface area contributed by atoms with Gasteiger partial charge in [0.05, 0.1) is 0 Å².